The van der Waals surface area contributed by atoms with E-state index in [2.05, 4.69) is 5.32 Å². The molecule has 4 rings (SSSR count). The lowest BCUT2D eigenvalue weighted by atomic mass is 10.1. The van der Waals surface area contributed by atoms with E-state index in [4.69, 9.17) is 5.73 Å². The Balaban J connectivity index is 1.78. The summed E-state index contributed by atoms with van der Waals surface area (Å²) in [5, 5.41) is 11.8. The van der Waals surface area contributed by atoms with E-state index in [1.807, 2.05) is 0 Å². The Morgan fingerprint density at radius 3 is 2.60 bits per heavy atom. The van der Waals surface area contributed by atoms with E-state index < -0.39 is 34.6 Å². The van der Waals surface area contributed by atoms with Gasteiger partial charge in [0.1, 0.15) is 17.1 Å². The Labute approximate surface area is 170 Å². The Bertz CT molecular complexity index is 1110. The monoisotopic (exact) mass is 420 g/mol. The van der Waals surface area contributed by atoms with Crippen molar-refractivity contribution in [2.24, 2.45) is 5.73 Å². The maximum Gasteiger partial charge on any atom is 0.341 e. The molecule has 1 saturated carbocycles. The van der Waals surface area contributed by atoms with Crippen LogP contribution in [-0.2, 0) is 4.79 Å². The van der Waals surface area contributed by atoms with Crippen molar-refractivity contribution in [3.8, 4) is 0 Å². The third-order valence-electron chi connectivity index (χ3n) is 5.62. The number of amides is 1. The molecule has 0 radical (unpaired) electrons. The number of aromatic carboxylic acids is 1. The number of aromatic nitrogens is 1. The SMILES string of the molecule is C[C@@H](N)C(=O)N[C@H]1CCN(c2c(F)cc3c(=O)c(C(=O)O)cn(C4CC4)c3c2F)C1. The maximum atomic E-state index is 15.6. The van der Waals surface area contributed by atoms with Gasteiger partial charge in [-0.3, -0.25) is 9.59 Å². The molecule has 8 nitrogen and oxygen atoms in total. The van der Waals surface area contributed by atoms with Gasteiger partial charge in [-0.15, -0.1) is 0 Å². The number of nitrogens with zero attached hydrogens (tertiary/aromatic N) is 2. The molecular formula is C20H22F2N4O4. The first kappa shape index (κ1) is 20.3. The molecular weight excluding hydrogens is 398 g/mol. The summed E-state index contributed by atoms with van der Waals surface area (Å²) in [4.78, 5) is 37.3. The minimum absolute atomic E-state index is 0.0908. The predicted octanol–water partition coefficient (Wildman–Crippen LogP) is 1.35. The summed E-state index contributed by atoms with van der Waals surface area (Å²) in [6, 6.07) is -0.215. The van der Waals surface area contributed by atoms with Crippen molar-refractivity contribution < 1.29 is 23.5 Å². The number of carboxylic acids is 1. The highest BCUT2D eigenvalue weighted by molar-refractivity contribution is 5.94. The van der Waals surface area contributed by atoms with Crippen LogP contribution >= 0.6 is 0 Å². The Morgan fingerprint density at radius 2 is 2.00 bits per heavy atom. The second-order valence-corrected chi connectivity index (χ2v) is 7.96. The smallest absolute Gasteiger partial charge is 0.341 e. The number of rotatable bonds is 5. The Kier molecular flexibility index (Phi) is 4.97. The van der Waals surface area contributed by atoms with Crippen molar-refractivity contribution in [3.63, 3.8) is 0 Å². The van der Waals surface area contributed by atoms with E-state index in [0.717, 1.165) is 25.1 Å². The highest BCUT2D eigenvalue weighted by Gasteiger charge is 2.33. The summed E-state index contributed by atoms with van der Waals surface area (Å²) >= 11 is 0. The second-order valence-electron chi connectivity index (χ2n) is 7.96. The Morgan fingerprint density at radius 1 is 1.30 bits per heavy atom. The fourth-order valence-corrected chi connectivity index (χ4v) is 3.93. The fourth-order valence-electron chi connectivity index (χ4n) is 3.93. The van der Waals surface area contributed by atoms with E-state index >= 15 is 4.39 Å². The van der Waals surface area contributed by atoms with Crippen LogP contribution in [0.4, 0.5) is 14.5 Å². The van der Waals surface area contributed by atoms with Crippen LogP contribution in [0.15, 0.2) is 17.1 Å². The van der Waals surface area contributed by atoms with Gasteiger partial charge in [-0.25, -0.2) is 13.6 Å². The van der Waals surface area contributed by atoms with Gasteiger partial charge in [0, 0.05) is 31.4 Å². The molecule has 1 aromatic carbocycles. The standard InChI is InChI=1S/C20H22F2N4O4/c1-9(23)19(28)24-10-4-5-25(7-10)17-14(21)6-12-16(15(17)22)26(11-2-3-11)8-13(18(12)27)20(29)30/h6,8-11H,2-5,7,23H2,1H3,(H,24,28)(H,29,30)/t9-,10+/m1/s1. The van der Waals surface area contributed by atoms with Crippen molar-refractivity contribution in [2.45, 2.75) is 44.3 Å². The molecule has 10 heteroatoms. The quantitative estimate of drug-likeness (QED) is 0.672. The van der Waals surface area contributed by atoms with Crippen LogP contribution in [0.3, 0.4) is 0 Å². The molecule has 0 bridgehead atoms. The molecule has 2 aromatic rings. The first-order chi connectivity index (χ1) is 14.2. The lowest BCUT2D eigenvalue weighted by Crippen LogP contribution is -2.45. The first-order valence-electron chi connectivity index (χ1n) is 9.80. The molecule has 2 fully saturated rings. The van der Waals surface area contributed by atoms with Gasteiger partial charge in [-0.1, -0.05) is 0 Å². The highest BCUT2D eigenvalue weighted by Crippen LogP contribution is 2.40. The van der Waals surface area contributed by atoms with Crippen molar-refractivity contribution in [1.82, 2.24) is 9.88 Å². The first-order valence-corrected chi connectivity index (χ1v) is 9.80. The van der Waals surface area contributed by atoms with Gasteiger partial charge >= 0.3 is 5.97 Å². The van der Waals surface area contributed by atoms with E-state index in [9.17, 15) is 23.9 Å². The zero-order valence-corrected chi connectivity index (χ0v) is 16.3. The van der Waals surface area contributed by atoms with Gasteiger partial charge in [0.05, 0.1) is 16.9 Å². The molecule has 1 aromatic heterocycles. The van der Waals surface area contributed by atoms with Gasteiger partial charge in [0.2, 0.25) is 11.3 Å². The molecule has 4 N–H and O–H groups in total. The minimum Gasteiger partial charge on any atom is -0.477 e. The number of pyridine rings is 1. The molecule has 2 atom stereocenters. The fraction of sp³-hybridized carbons (Fsp3) is 0.450. The average Bonchev–Trinajstić information content (AvgIpc) is 3.42. The van der Waals surface area contributed by atoms with Crippen LogP contribution < -0.4 is 21.4 Å². The van der Waals surface area contributed by atoms with E-state index in [0.29, 0.717) is 13.0 Å². The molecule has 1 amide bonds. The summed E-state index contributed by atoms with van der Waals surface area (Å²) in [6.07, 6.45) is 3.07. The normalized spacial score (nSPS) is 19.9. The van der Waals surface area contributed by atoms with Crippen molar-refractivity contribution in [1.29, 1.82) is 0 Å². The van der Waals surface area contributed by atoms with E-state index in [-0.39, 0.29) is 41.1 Å². The average molecular weight is 420 g/mol. The van der Waals surface area contributed by atoms with E-state index in [1.165, 1.54) is 9.47 Å². The number of carboxylic acid groups (broad SMARTS) is 1. The predicted molar refractivity (Wildman–Crippen MR) is 106 cm³/mol. The van der Waals surface area contributed by atoms with Crippen molar-refractivity contribution in [2.75, 3.05) is 18.0 Å². The maximum absolute atomic E-state index is 15.6. The number of benzene rings is 1. The number of hydrogen-bond donors (Lipinski definition) is 3. The van der Waals surface area contributed by atoms with Gasteiger partial charge in [0.15, 0.2) is 5.82 Å². The second kappa shape index (κ2) is 7.35. The lowest BCUT2D eigenvalue weighted by Gasteiger charge is -2.23. The molecule has 30 heavy (non-hydrogen) atoms. The number of halogens is 2. The molecule has 1 aliphatic carbocycles. The molecule has 160 valence electrons. The number of hydrogen-bond acceptors (Lipinski definition) is 5. The number of fused-ring (bicyclic) bond motifs is 1. The number of nitrogens with one attached hydrogen (secondary N) is 1. The Hall–Kier alpha value is -3.01. The third kappa shape index (κ3) is 3.41. The van der Waals surface area contributed by atoms with Gasteiger partial charge in [-0.05, 0) is 32.3 Å². The molecule has 1 saturated heterocycles. The van der Waals surface area contributed by atoms with Gasteiger partial charge < -0.3 is 25.6 Å². The third-order valence-corrected chi connectivity index (χ3v) is 5.62. The number of carbonyl (C=O) groups is 2. The van der Waals surface area contributed by atoms with E-state index in [1.54, 1.807) is 6.92 Å². The van der Waals surface area contributed by atoms with Crippen LogP contribution in [-0.4, -0.2) is 46.7 Å². The molecule has 0 unspecified atom stereocenters. The summed E-state index contributed by atoms with van der Waals surface area (Å²) in [7, 11) is 0. The molecule has 0 spiro atoms. The number of nitrogens with two attached hydrogens (primary N) is 1. The number of carbonyl (C=O) groups excluding carboxylic acids is 1. The zero-order valence-electron chi connectivity index (χ0n) is 16.3. The van der Waals surface area contributed by atoms with Crippen LogP contribution in [0.25, 0.3) is 10.9 Å². The lowest BCUT2D eigenvalue weighted by molar-refractivity contribution is -0.122. The number of anilines is 1. The largest absolute Gasteiger partial charge is 0.477 e. The molecule has 2 heterocycles. The summed E-state index contributed by atoms with van der Waals surface area (Å²) in [5.41, 5.74) is 3.75. The topological polar surface area (TPSA) is 118 Å². The van der Waals surface area contributed by atoms with Crippen LogP contribution in [0.2, 0.25) is 0 Å². The summed E-state index contributed by atoms with van der Waals surface area (Å²) in [6.45, 7) is 2.05. The van der Waals surface area contributed by atoms with Crippen molar-refractivity contribution in [3.05, 3.63) is 39.7 Å². The minimum atomic E-state index is -1.44. The zero-order chi connectivity index (χ0) is 21.7. The summed E-state index contributed by atoms with van der Waals surface area (Å²) < 4.78 is 31.9. The molecule has 1 aliphatic heterocycles. The van der Waals surface area contributed by atoms with Gasteiger partial charge in [0.25, 0.3) is 0 Å². The van der Waals surface area contributed by atoms with Crippen LogP contribution in [0, 0.1) is 11.6 Å². The van der Waals surface area contributed by atoms with Crippen LogP contribution in [0.5, 0.6) is 0 Å². The molecule has 2 aliphatic rings. The van der Waals surface area contributed by atoms with Crippen molar-refractivity contribution >= 4 is 28.5 Å². The highest BCUT2D eigenvalue weighted by atomic mass is 19.1. The van der Waals surface area contributed by atoms with Crippen LogP contribution in [0.1, 0.15) is 42.6 Å². The summed E-state index contributed by atoms with van der Waals surface area (Å²) in [5.74, 6) is -3.62. The van der Waals surface area contributed by atoms with Gasteiger partial charge in [-0.2, -0.15) is 0 Å².